The highest BCUT2D eigenvalue weighted by Crippen LogP contribution is 2.59. The van der Waals surface area contributed by atoms with Crippen molar-refractivity contribution in [1.82, 2.24) is 4.90 Å². The fraction of sp³-hybridized carbons (Fsp3) is 0.421. The zero-order chi connectivity index (χ0) is 20.0. The third-order valence-electron chi connectivity index (χ3n) is 4.80. The summed E-state index contributed by atoms with van der Waals surface area (Å²) in [5.74, 6) is -1.57. The van der Waals surface area contributed by atoms with Crippen LogP contribution in [0.25, 0.3) is 0 Å². The van der Waals surface area contributed by atoms with Crippen molar-refractivity contribution < 1.29 is 24.2 Å². The van der Waals surface area contributed by atoms with Gasteiger partial charge in [0.2, 0.25) is 5.91 Å². The van der Waals surface area contributed by atoms with Gasteiger partial charge in [0.1, 0.15) is 24.1 Å². The predicted molar refractivity (Wildman–Crippen MR) is 106 cm³/mol. The summed E-state index contributed by atoms with van der Waals surface area (Å²) in [4.78, 5) is 39.5. The minimum absolute atomic E-state index is 0.0529. The Morgan fingerprint density at radius 1 is 1.41 bits per heavy atom. The molecule has 1 aromatic rings. The van der Waals surface area contributed by atoms with Crippen LogP contribution in [0.4, 0.5) is 0 Å². The van der Waals surface area contributed by atoms with E-state index in [9.17, 15) is 19.5 Å². The van der Waals surface area contributed by atoms with Gasteiger partial charge in [-0.1, -0.05) is 58.9 Å². The van der Waals surface area contributed by atoms with Gasteiger partial charge in [0, 0.05) is 10.3 Å². The second kappa shape index (κ2) is 7.07. The van der Waals surface area contributed by atoms with Crippen LogP contribution < -0.4 is 0 Å². The van der Waals surface area contributed by atoms with Crippen LogP contribution in [0.3, 0.4) is 0 Å². The maximum Gasteiger partial charge on any atom is 0.330 e. The molecule has 2 fully saturated rings. The molecular weight excluding hydrogens is 434 g/mol. The van der Waals surface area contributed by atoms with Gasteiger partial charge >= 0.3 is 5.97 Å². The van der Waals surface area contributed by atoms with Gasteiger partial charge in [-0.25, -0.2) is 4.79 Å². The van der Waals surface area contributed by atoms with E-state index in [4.69, 9.17) is 4.74 Å². The van der Waals surface area contributed by atoms with Gasteiger partial charge in [0.25, 0.3) is 0 Å². The summed E-state index contributed by atoms with van der Waals surface area (Å²) in [6.07, 6.45) is -0.112. The summed E-state index contributed by atoms with van der Waals surface area (Å²) in [6.45, 7) is 7.24. The van der Waals surface area contributed by atoms with Crippen molar-refractivity contribution in [3.8, 4) is 0 Å². The fourth-order valence-electron chi connectivity index (χ4n) is 3.45. The van der Waals surface area contributed by atoms with Crippen molar-refractivity contribution in [2.24, 2.45) is 0 Å². The molecule has 8 heteroatoms. The molecule has 0 aromatic heterocycles. The quantitative estimate of drug-likeness (QED) is 0.233. The molecule has 6 nitrogen and oxygen atoms in total. The highest BCUT2D eigenvalue weighted by molar-refractivity contribution is 9.10. The summed E-state index contributed by atoms with van der Waals surface area (Å²) in [6, 6.07) is 7.51. The van der Waals surface area contributed by atoms with E-state index in [1.165, 1.54) is 22.7 Å². The van der Waals surface area contributed by atoms with Crippen LogP contribution in [0, 0.1) is 0 Å². The number of fused-ring (bicyclic) bond motifs is 1. The number of nitrogens with zero attached hydrogens (tertiary/aromatic N) is 1. The minimum atomic E-state index is -1.57. The van der Waals surface area contributed by atoms with E-state index in [0.29, 0.717) is 5.56 Å². The predicted octanol–water partition coefficient (Wildman–Crippen LogP) is 2.16. The Morgan fingerprint density at radius 3 is 2.63 bits per heavy atom. The highest BCUT2D eigenvalue weighted by atomic mass is 79.9. The van der Waals surface area contributed by atoms with Crippen LogP contribution in [-0.2, 0) is 14.3 Å². The molecule has 2 heterocycles. The van der Waals surface area contributed by atoms with E-state index in [1.807, 2.05) is 13.8 Å². The van der Waals surface area contributed by atoms with Crippen molar-refractivity contribution in [1.29, 1.82) is 0 Å². The number of halogens is 1. The summed E-state index contributed by atoms with van der Waals surface area (Å²) in [7, 11) is 0. The highest BCUT2D eigenvalue weighted by Gasteiger charge is 2.74. The Morgan fingerprint density at radius 2 is 2.04 bits per heavy atom. The largest absolute Gasteiger partial charge is 0.460 e. The Bertz CT molecular complexity index is 799. The number of thioether (sulfide) groups is 1. The van der Waals surface area contributed by atoms with Gasteiger partial charge in [-0.3, -0.25) is 9.59 Å². The standard InChI is InChI=1S/C19H20BrNO5S/c1-4-10-26-15(24)13-18(2,3)27-17-19(20,16(25)21(13)17)14(23)12(22)11-8-6-5-7-9-11/h4-9,13-14,17,23H,1,10H2,2-3H3/t13-,14?,17+,19?/m0/s1. The first-order valence-corrected chi connectivity index (χ1v) is 10.1. The molecule has 0 aliphatic carbocycles. The number of esters is 1. The van der Waals surface area contributed by atoms with E-state index in [0.717, 1.165) is 0 Å². The van der Waals surface area contributed by atoms with E-state index in [-0.39, 0.29) is 6.61 Å². The molecule has 1 N–H and O–H groups in total. The first-order valence-electron chi connectivity index (χ1n) is 8.40. The van der Waals surface area contributed by atoms with Crippen molar-refractivity contribution in [2.45, 2.75) is 40.4 Å². The molecule has 1 amide bonds. The number of carbonyl (C=O) groups excluding carboxylic acids is 3. The average molecular weight is 454 g/mol. The number of β-lactam (4-membered cyclic amide) rings is 1. The molecular formula is C19H20BrNO5S. The zero-order valence-electron chi connectivity index (χ0n) is 14.9. The van der Waals surface area contributed by atoms with Gasteiger partial charge < -0.3 is 14.7 Å². The van der Waals surface area contributed by atoms with Crippen LogP contribution in [-0.4, -0.2) is 60.9 Å². The number of hydrogen-bond donors (Lipinski definition) is 1. The van der Waals surface area contributed by atoms with Crippen molar-refractivity contribution in [3.63, 3.8) is 0 Å². The third-order valence-corrected chi connectivity index (χ3v) is 7.96. The zero-order valence-corrected chi connectivity index (χ0v) is 17.3. The van der Waals surface area contributed by atoms with Gasteiger partial charge in [-0.15, -0.1) is 11.8 Å². The maximum absolute atomic E-state index is 12.9. The lowest BCUT2D eigenvalue weighted by atomic mass is 9.84. The Kier molecular flexibility index (Phi) is 5.26. The van der Waals surface area contributed by atoms with Crippen molar-refractivity contribution in [3.05, 3.63) is 48.6 Å². The summed E-state index contributed by atoms with van der Waals surface area (Å²) < 4.78 is 3.04. The SMILES string of the molecule is C=CCOC(=O)[C@@H]1N2C(=O)C(Br)(C(O)C(=O)c3ccccc3)[C@H]2SC1(C)C. The average Bonchev–Trinajstić information content (AvgIpc) is 2.94. The van der Waals surface area contributed by atoms with Gasteiger partial charge in [-0.05, 0) is 13.8 Å². The topological polar surface area (TPSA) is 83.9 Å². The van der Waals surface area contributed by atoms with E-state index in [2.05, 4.69) is 22.5 Å². The molecule has 0 spiro atoms. The lowest BCUT2D eigenvalue weighted by molar-refractivity contribution is -0.166. The summed E-state index contributed by atoms with van der Waals surface area (Å²) in [5, 5.41) is 10.2. The van der Waals surface area contributed by atoms with Gasteiger partial charge in [0.05, 0.1) is 0 Å². The number of Topliss-reactive ketones (excluding diaryl/α,β-unsaturated/α-hetero) is 1. The van der Waals surface area contributed by atoms with Crippen LogP contribution in [0.15, 0.2) is 43.0 Å². The first-order chi connectivity index (χ1) is 12.7. The molecule has 0 bridgehead atoms. The summed E-state index contributed by atoms with van der Waals surface area (Å²) >= 11 is 4.69. The van der Waals surface area contributed by atoms with Crippen LogP contribution >= 0.6 is 27.7 Å². The molecule has 27 heavy (non-hydrogen) atoms. The van der Waals surface area contributed by atoms with Crippen LogP contribution in [0.1, 0.15) is 24.2 Å². The molecule has 0 radical (unpaired) electrons. The number of ether oxygens (including phenoxy) is 1. The number of ketones is 1. The van der Waals surface area contributed by atoms with Crippen LogP contribution in [0.2, 0.25) is 0 Å². The number of aliphatic hydroxyl groups excluding tert-OH is 1. The minimum Gasteiger partial charge on any atom is -0.460 e. The van der Waals surface area contributed by atoms with E-state index < -0.39 is 44.3 Å². The lowest BCUT2D eigenvalue weighted by Gasteiger charge is -2.51. The second-order valence-corrected chi connectivity index (χ2v) is 10.1. The molecule has 3 rings (SSSR count). The fourth-order valence-corrected chi connectivity index (χ4v) is 6.01. The van der Waals surface area contributed by atoms with Crippen molar-refractivity contribution in [2.75, 3.05) is 6.61 Å². The number of alkyl halides is 1. The Balaban J connectivity index is 1.86. The van der Waals surface area contributed by atoms with Crippen LogP contribution in [0.5, 0.6) is 0 Å². The molecule has 2 saturated heterocycles. The number of amides is 1. The molecule has 144 valence electrons. The molecule has 2 aliphatic rings. The lowest BCUT2D eigenvalue weighted by Crippen LogP contribution is -2.75. The van der Waals surface area contributed by atoms with Crippen molar-refractivity contribution >= 4 is 45.4 Å². The summed E-state index contributed by atoms with van der Waals surface area (Å²) in [5.41, 5.74) is 0.319. The first kappa shape index (κ1) is 20.1. The monoisotopic (exact) mass is 453 g/mol. The Hall–Kier alpha value is -1.64. The Labute approximate surface area is 170 Å². The number of aliphatic hydroxyl groups is 1. The van der Waals surface area contributed by atoms with Gasteiger partial charge in [0.15, 0.2) is 10.1 Å². The second-order valence-electron chi connectivity index (χ2n) is 7.01. The number of hydrogen-bond acceptors (Lipinski definition) is 6. The third kappa shape index (κ3) is 3.03. The van der Waals surface area contributed by atoms with E-state index >= 15 is 0 Å². The number of benzene rings is 1. The molecule has 2 unspecified atom stereocenters. The smallest absolute Gasteiger partial charge is 0.330 e. The normalized spacial score (nSPS) is 29.5. The maximum atomic E-state index is 12.9. The molecule has 2 aliphatic heterocycles. The number of rotatable bonds is 6. The van der Waals surface area contributed by atoms with Gasteiger partial charge in [-0.2, -0.15) is 0 Å². The molecule has 1 aromatic carbocycles. The molecule has 0 saturated carbocycles. The number of carbonyl (C=O) groups is 3. The van der Waals surface area contributed by atoms with E-state index in [1.54, 1.807) is 30.3 Å². The molecule has 4 atom stereocenters.